The van der Waals surface area contributed by atoms with E-state index in [0.717, 1.165) is 10.4 Å². The number of carbonyl (C=O) groups excluding carboxylic acids is 1. The predicted molar refractivity (Wildman–Crippen MR) is 88.8 cm³/mol. The number of thiophene rings is 1. The van der Waals surface area contributed by atoms with Gasteiger partial charge in [0.05, 0.1) is 12.7 Å². The summed E-state index contributed by atoms with van der Waals surface area (Å²) >= 11 is 1.44. The Morgan fingerprint density at radius 1 is 1.54 bits per heavy atom. The molecule has 0 aliphatic carbocycles. The number of aromatic nitrogens is 3. The molecule has 0 saturated heterocycles. The maximum atomic E-state index is 12.2. The summed E-state index contributed by atoms with van der Waals surface area (Å²) in [5.74, 6) is 0.145. The molecule has 3 rings (SSSR count). The molecule has 24 heavy (non-hydrogen) atoms. The molecule has 3 aromatic rings. The molecule has 0 spiro atoms. The fraction of sp³-hybridized carbons (Fsp3) is 0.312. The normalized spacial score (nSPS) is 13.6. The number of rotatable bonds is 6. The van der Waals surface area contributed by atoms with Crippen LogP contribution >= 0.6 is 11.3 Å². The van der Waals surface area contributed by atoms with Crippen molar-refractivity contribution in [2.75, 3.05) is 6.54 Å². The van der Waals surface area contributed by atoms with Crippen molar-refractivity contribution in [3.05, 3.63) is 57.9 Å². The first-order valence-electron chi connectivity index (χ1n) is 7.43. The zero-order chi connectivity index (χ0) is 17.2. The first-order valence-corrected chi connectivity index (χ1v) is 8.31. The maximum absolute atomic E-state index is 12.2. The van der Waals surface area contributed by atoms with Crippen LogP contribution in [0.2, 0.25) is 0 Å². The van der Waals surface area contributed by atoms with Crippen LogP contribution in [0, 0.1) is 6.92 Å². The van der Waals surface area contributed by atoms with E-state index >= 15 is 0 Å². The number of nitrogens with zero attached hydrogens (tertiary/aromatic N) is 3. The number of nitrogens with one attached hydrogen (secondary N) is 1. The average molecular weight is 346 g/mol. The van der Waals surface area contributed by atoms with E-state index in [9.17, 15) is 9.90 Å². The van der Waals surface area contributed by atoms with Crippen LogP contribution in [0.4, 0.5) is 0 Å². The Hall–Kier alpha value is -2.45. The van der Waals surface area contributed by atoms with Gasteiger partial charge < -0.3 is 14.9 Å². The van der Waals surface area contributed by atoms with Crippen molar-refractivity contribution in [3.63, 3.8) is 0 Å². The monoisotopic (exact) mass is 346 g/mol. The average Bonchev–Trinajstić information content (AvgIpc) is 3.27. The Balaban J connectivity index is 1.59. The summed E-state index contributed by atoms with van der Waals surface area (Å²) in [5.41, 5.74) is 0.0994. The highest BCUT2D eigenvalue weighted by atomic mass is 32.1. The van der Waals surface area contributed by atoms with Crippen LogP contribution in [0.5, 0.6) is 0 Å². The van der Waals surface area contributed by atoms with Crippen molar-refractivity contribution in [2.24, 2.45) is 0 Å². The molecule has 0 radical (unpaired) electrons. The highest BCUT2D eigenvalue weighted by Gasteiger charge is 2.25. The number of hydrogen-bond donors (Lipinski definition) is 2. The topological polar surface area (TPSA) is 93.2 Å². The van der Waals surface area contributed by atoms with E-state index in [1.165, 1.54) is 11.3 Å². The van der Waals surface area contributed by atoms with Crippen LogP contribution in [0.25, 0.3) is 0 Å². The maximum Gasteiger partial charge on any atom is 0.273 e. The van der Waals surface area contributed by atoms with Gasteiger partial charge in [-0.15, -0.1) is 11.3 Å². The van der Waals surface area contributed by atoms with Gasteiger partial charge in [-0.3, -0.25) is 9.48 Å². The lowest BCUT2D eigenvalue weighted by Gasteiger charge is -2.21. The van der Waals surface area contributed by atoms with Gasteiger partial charge in [-0.1, -0.05) is 11.2 Å². The van der Waals surface area contributed by atoms with Gasteiger partial charge in [-0.2, -0.15) is 5.10 Å². The van der Waals surface area contributed by atoms with Gasteiger partial charge in [0.15, 0.2) is 11.5 Å². The molecule has 1 unspecified atom stereocenters. The minimum atomic E-state index is -1.12. The molecule has 0 aliphatic heterocycles. The molecule has 126 valence electrons. The molecule has 1 amide bonds. The largest absolute Gasteiger partial charge is 0.383 e. The third-order valence-corrected chi connectivity index (χ3v) is 4.64. The van der Waals surface area contributed by atoms with Crippen LogP contribution in [-0.4, -0.2) is 32.5 Å². The van der Waals surface area contributed by atoms with E-state index in [4.69, 9.17) is 4.52 Å². The fourth-order valence-corrected chi connectivity index (χ4v) is 3.01. The zero-order valence-electron chi connectivity index (χ0n) is 13.4. The van der Waals surface area contributed by atoms with Gasteiger partial charge in [0.1, 0.15) is 12.1 Å². The third-order valence-electron chi connectivity index (χ3n) is 3.52. The van der Waals surface area contributed by atoms with Crippen molar-refractivity contribution in [1.29, 1.82) is 0 Å². The van der Waals surface area contributed by atoms with Crippen molar-refractivity contribution in [1.82, 2.24) is 20.3 Å². The molecular weight excluding hydrogens is 328 g/mol. The van der Waals surface area contributed by atoms with Gasteiger partial charge in [-0.05, 0) is 30.9 Å². The second kappa shape index (κ2) is 6.58. The smallest absolute Gasteiger partial charge is 0.273 e. The number of aliphatic hydroxyl groups is 1. The summed E-state index contributed by atoms with van der Waals surface area (Å²) in [6.45, 7) is 4.10. The van der Waals surface area contributed by atoms with Gasteiger partial charge in [0.25, 0.3) is 5.91 Å². The quantitative estimate of drug-likeness (QED) is 0.711. The summed E-state index contributed by atoms with van der Waals surface area (Å²) in [6.07, 6.45) is 3.62. The summed E-state index contributed by atoms with van der Waals surface area (Å²) < 4.78 is 6.88. The Bertz CT molecular complexity index is 820. The van der Waals surface area contributed by atoms with Crippen molar-refractivity contribution in [2.45, 2.75) is 26.0 Å². The van der Waals surface area contributed by atoms with Crippen molar-refractivity contribution >= 4 is 17.2 Å². The first kappa shape index (κ1) is 16.4. The summed E-state index contributed by atoms with van der Waals surface area (Å²) in [6, 6.07) is 5.26. The highest BCUT2D eigenvalue weighted by molar-refractivity contribution is 7.10. The van der Waals surface area contributed by atoms with Crippen LogP contribution in [0.1, 0.15) is 33.6 Å². The number of carbonyl (C=O) groups is 1. The fourth-order valence-electron chi connectivity index (χ4n) is 2.22. The first-order chi connectivity index (χ1) is 11.4. The molecule has 8 heteroatoms. The molecule has 2 N–H and O–H groups in total. The van der Waals surface area contributed by atoms with Crippen LogP contribution in [0.3, 0.4) is 0 Å². The third kappa shape index (κ3) is 3.72. The Labute approximate surface area is 142 Å². The highest BCUT2D eigenvalue weighted by Crippen LogP contribution is 2.24. The molecule has 1 atom stereocenters. The van der Waals surface area contributed by atoms with E-state index in [2.05, 4.69) is 15.6 Å². The molecular formula is C16H18N4O3S. The predicted octanol–water partition coefficient (Wildman–Crippen LogP) is 1.93. The van der Waals surface area contributed by atoms with Crippen molar-refractivity contribution in [3.8, 4) is 0 Å². The molecule has 0 aromatic carbocycles. The standard InChI is InChI=1S/C16H18N4O3S/c1-11-7-18-20(8-11)9-12-6-13(19-23-12)15(21)17-10-16(2,22)14-4-3-5-24-14/h3-8,22H,9-10H2,1-2H3,(H,17,21). The van der Waals surface area contributed by atoms with Crippen molar-refractivity contribution < 1.29 is 14.4 Å². The zero-order valence-corrected chi connectivity index (χ0v) is 14.2. The van der Waals surface area contributed by atoms with Gasteiger partial charge in [0.2, 0.25) is 0 Å². The van der Waals surface area contributed by atoms with Crippen LogP contribution in [0.15, 0.2) is 40.5 Å². The lowest BCUT2D eigenvalue weighted by Crippen LogP contribution is -2.38. The molecule has 0 fully saturated rings. The second-order valence-electron chi connectivity index (χ2n) is 5.83. The van der Waals surface area contributed by atoms with Crippen LogP contribution in [-0.2, 0) is 12.1 Å². The van der Waals surface area contributed by atoms with Gasteiger partial charge in [-0.25, -0.2) is 0 Å². The molecule has 3 heterocycles. The van der Waals surface area contributed by atoms with E-state index in [1.807, 2.05) is 30.6 Å². The molecule has 0 bridgehead atoms. The Morgan fingerprint density at radius 2 is 2.38 bits per heavy atom. The minimum Gasteiger partial charge on any atom is -0.383 e. The molecule has 0 aliphatic rings. The van der Waals surface area contributed by atoms with E-state index in [-0.39, 0.29) is 12.2 Å². The molecule has 3 aromatic heterocycles. The SMILES string of the molecule is Cc1cnn(Cc2cc(C(=O)NCC(C)(O)c3cccs3)no2)c1. The van der Waals surface area contributed by atoms with Crippen LogP contribution < -0.4 is 5.32 Å². The number of amides is 1. The second-order valence-corrected chi connectivity index (χ2v) is 6.78. The van der Waals surface area contributed by atoms with Gasteiger partial charge >= 0.3 is 0 Å². The van der Waals surface area contributed by atoms with E-state index in [0.29, 0.717) is 12.3 Å². The lowest BCUT2D eigenvalue weighted by atomic mass is 10.1. The van der Waals surface area contributed by atoms with E-state index < -0.39 is 11.5 Å². The summed E-state index contributed by atoms with van der Waals surface area (Å²) in [4.78, 5) is 13.0. The Kier molecular flexibility index (Phi) is 4.50. The lowest BCUT2D eigenvalue weighted by molar-refractivity contribution is 0.0554. The van der Waals surface area contributed by atoms with E-state index in [1.54, 1.807) is 23.9 Å². The number of aryl methyl sites for hydroxylation is 1. The summed E-state index contributed by atoms with van der Waals surface area (Å²) in [5, 5.41) is 22.9. The van der Waals surface area contributed by atoms with Gasteiger partial charge in [0, 0.05) is 17.1 Å². The minimum absolute atomic E-state index is 0.0902. The molecule has 7 nitrogen and oxygen atoms in total. The number of hydrogen-bond acceptors (Lipinski definition) is 6. The Morgan fingerprint density at radius 3 is 3.04 bits per heavy atom. The molecule has 0 saturated carbocycles. The summed E-state index contributed by atoms with van der Waals surface area (Å²) in [7, 11) is 0.